The fourth-order valence-electron chi connectivity index (χ4n) is 1.97. The molecule has 0 radical (unpaired) electrons. The minimum Gasteiger partial charge on any atom is -0.480 e. The summed E-state index contributed by atoms with van der Waals surface area (Å²) in [4.78, 5) is 10.7. The quantitative estimate of drug-likeness (QED) is 0.790. The van der Waals surface area contributed by atoms with Gasteiger partial charge in [0.05, 0.1) is 0 Å². The average Bonchev–Trinajstić information content (AvgIpc) is 1.94. The van der Waals surface area contributed by atoms with Crippen LogP contribution in [0.1, 0.15) is 48.0 Å². The van der Waals surface area contributed by atoms with Crippen molar-refractivity contribution in [3.63, 3.8) is 0 Å². The summed E-state index contributed by atoms with van der Waals surface area (Å²) in [5.41, 5.74) is -0.709. The Balaban J connectivity index is 4.89. The zero-order valence-electron chi connectivity index (χ0n) is 11.4. The number of carbonyl (C=O) groups is 1. The van der Waals surface area contributed by atoms with Crippen molar-refractivity contribution in [2.24, 2.45) is 5.41 Å². The molecule has 0 saturated carbocycles. The summed E-state index contributed by atoms with van der Waals surface area (Å²) in [6.07, 6.45) is 0.617. The first-order valence-electron chi connectivity index (χ1n) is 5.52. The molecule has 0 rings (SSSR count). The molecule has 0 bridgehead atoms. The number of hydrogen-bond acceptors (Lipinski definition) is 3. The monoisotopic (exact) mass is 265 g/mol. The summed E-state index contributed by atoms with van der Waals surface area (Å²) in [6.45, 7) is 10.7. The number of sulfonamides is 1. The predicted octanol–water partition coefficient (Wildman–Crippen LogP) is 1.59. The average molecular weight is 265 g/mol. The second-order valence-electron chi connectivity index (χ2n) is 6.25. The molecule has 0 heterocycles. The van der Waals surface area contributed by atoms with Crippen LogP contribution in [0.5, 0.6) is 0 Å². The van der Waals surface area contributed by atoms with E-state index in [1.54, 1.807) is 13.8 Å². The zero-order chi connectivity index (χ0) is 14.1. The molecule has 0 spiro atoms. The third-order valence-electron chi connectivity index (χ3n) is 2.20. The molecule has 0 aromatic carbocycles. The van der Waals surface area contributed by atoms with Gasteiger partial charge in [-0.05, 0) is 32.6 Å². The van der Waals surface area contributed by atoms with Crippen LogP contribution in [0.2, 0.25) is 0 Å². The van der Waals surface area contributed by atoms with E-state index < -0.39 is 26.8 Å². The molecule has 0 amide bonds. The molecule has 0 aliphatic carbocycles. The number of carboxylic acids is 1. The van der Waals surface area contributed by atoms with Crippen molar-refractivity contribution in [2.75, 3.05) is 0 Å². The number of hydrogen-bond donors (Lipinski definition) is 2. The zero-order valence-corrected chi connectivity index (χ0v) is 12.2. The first-order valence-corrected chi connectivity index (χ1v) is 7.07. The van der Waals surface area contributed by atoms with Crippen molar-refractivity contribution in [2.45, 2.75) is 58.8 Å². The molecule has 0 aliphatic heterocycles. The van der Waals surface area contributed by atoms with E-state index in [-0.39, 0.29) is 5.41 Å². The van der Waals surface area contributed by atoms with Gasteiger partial charge in [0.1, 0.15) is 0 Å². The van der Waals surface area contributed by atoms with Crippen molar-refractivity contribution in [3.05, 3.63) is 0 Å². The fourth-order valence-corrected chi connectivity index (χ4v) is 3.25. The predicted molar refractivity (Wildman–Crippen MR) is 67.3 cm³/mol. The molecule has 0 aromatic rings. The lowest BCUT2D eigenvalue weighted by atomic mass is 9.82. The van der Waals surface area contributed by atoms with E-state index in [0.717, 1.165) is 6.92 Å². The summed E-state index contributed by atoms with van der Waals surface area (Å²) in [5, 5.41) is 7.29. The van der Waals surface area contributed by atoms with E-state index in [1.807, 2.05) is 20.8 Å². The second-order valence-corrected chi connectivity index (χ2v) is 8.25. The van der Waals surface area contributed by atoms with Crippen LogP contribution in [0.15, 0.2) is 0 Å². The third-order valence-corrected chi connectivity index (χ3v) is 4.17. The maximum absolute atomic E-state index is 11.8. The van der Waals surface area contributed by atoms with Gasteiger partial charge in [0.2, 0.25) is 10.0 Å². The molecule has 1 atom stereocenters. The molecule has 17 heavy (non-hydrogen) atoms. The normalized spacial score (nSPS) is 15.6. The molecule has 0 saturated heterocycles. The van der Waals surface area contributed by atoms with E-state index in [2.05, 4.69) is 4.72 Å². The van der Waals surface area contributed by atoms with Crippen molar-refractivity contribution < 1.29 is 18.3 Å². The molecule has 5 nitrogen and oxygen atoms in total. The summed E-state index contributed by atoms with van der Waals surface area (Å²) in [6, 6.07) is 0. The molecule has 6 heteroatoms. The highest BCUT2D eigenvalue weighted by atomic mass is 32.2. The van der Waals surface area contributed by atoms with E-state index in [1.165, 1.54) is 0 Å². The van der Waals surface area contributed by atoms with E-state index >= 15 is 0 Å². The van der Waals surface area contributed by atoms with Gasteiger partial charge in [0.25, 0.3) is 0 Å². The van der Waals surface area contributed by atoms with Crippen molar-refractivity contribution in [3.8, 4) is 0 Å². The Morgan fingerprint density at radius 2 is 1.65 bits per heavy atom. The Kier molecular flexibility index (Phi) is 4.76. The van der Waals surface area contributed by atoms with Crippen LogP contribution >= 0.6 is 0 Å². The number of carboxylic acid groups (broad SMARTS) is 1. The molecule has 0 aliphatic rings. The maximum Gasteiger partial charge on any atom is 0.323 e. The van der Waals surface area contributed by atoms with Crippen molar-refractivity contribution in [1.82, 2.24) is 4.72 Å². The molecular weight excluding hydrogens is 242 g/mol. The van der Waals surface area contributed by atoms with Crippen LogP contribution in [0.25, 0.3) is 0 Å². The number of rotatable bonds is 5. The Morgan fingerprint density at radius 1 is 1.24 bits per heavy atom. The Labute approximate surface area is 104 Å². The fraction of sp³-hybridized carbons (Fsp3) is 0.909. The summed E-state index contributed by atoms with van der Waals surface area (Å²) in [7, 11) is -3.84. The highest BCUT2D eigenvalue weighted by Gasteiger charge is 2.35. The van der Waals surface area contributed by atoms with Gasteiger partial charge in [-0.2, -0.15) is 0 Å². The molecule has 0 aromatic heterocycles. The van der Waals surface area contributed by atoms with Gasteiger partial charge < -0.3 is 5.11 Å². The first kappa shape index (κ1) is 16.4. The lowest BCUT2D eigenvalue weighted by Gasteiger charge is -2.33. The lowest BCUT2D eigenvalue weighted by molar-refractivity contribution is -0.136. The summed E-state index contributed by atoms with van der Waals surface area (Å²) < 4.78 is 26.0. The SMILES string of the molecule is CC(C(=O)O)S(=O)(=O)NC(C)(C)CC(C)(C)C. The van der Waals surface area contributed by atoms with Crippen LogP contribution < -0.4 is 4.72 Å². The molecular formula is C11H23NO4S. The van der Waals surface area contributed by atoms with E-state index in [0.29, 0.717) is 6.42 Å². The van der Waals surface area contributed by atoms with E-state index in [9.17, 15) is 13.2 Å². The summed E-state index contributed by atoms with van der Waals surface area (Å²) in [5.74, 6) is -1.34. The molecule has 102 valence electrons. The second kappa shape index (κ2) is 4.94. The third kappa shape index (κ3) is 6.02. The minimum atomic E-state index is -3.84. The van der Waals surface area contributed by atoms with Gasteiger partial charge >= 0.3 is 5.97 Å². The van der Waals surface area contributed by atoms with Crippen LogP contribution in [0.3, 0.4) is 0 Å². The van der Waals surface area contributed by atoms with Gasteiger partial charge in [0, 0.05) is 5.54 Å². The van der Waals surface area contributed by atoms with Crippen molar-refractivity contribution in [1.29, 1.82) is 0 Å². The highest BCUT2D eigenvalue weighted by molar-refractivity contribution is 7.90. The van der Waals surface area contributed by atoms with Gasteiger partial charge in [-0.3, -0.25) is 4.79 Å². The smallest absolute Gasteiger partial charge is 0.323 e. The molecule has 1 unspecified atom stereocenters. The largest absolute Gasteiger partial charge is 0.480 e. The van der Waals surface area contributed by atoms with Crippen molar-refractivity contribution >= 4 is 16.0 Å². The van der Waals surface area contributed by atoms with Crippen LogP contribution in [-0.2, 0) is 14.8 Å². The lowest BCUT2D eigenvalue weighted by Crippen LogP contribution is -2.50. The summed E-state index contributed by atoms with van der Waals surface area (Å²) >= 11 is 0. The number of aliphatic carboxylic acids is 1. The van der Waals surface area contributed by atoms with Gasteiger partial charge in [-0.1, -0.05) is 20.8 Å². The van der Waals surface area contributed by atoms with Gasteiger partial charge in [0.15, 0.2) is 5.25 Å². The van der Waals surface area contributed by atoms with Crippen LogP contribution in [-0.4, -0.2) is 30.3 Å². The minimum absolute atomic E-state index is 0.0432. The van der Waals surface area contributed by atoms with Crippen LogP contribution in [0.4, 0.5) is 0 Å². The maximum atomic E-state index is 11.8. The first-order chi connectivity index (χ1) is 7.27. The number of nitrogens with one attached hydrogen (secondary N) is 1. The van der Waals surface area contributed by atoms with Crippen LogP contribution in [0, 0.1) is 5.41 Å². The van der Waals surface area contributed by atoms with Gasteiger partial charge in [-0.15, -0.1) is 0 Å². The van der Waals surface area contributed by atoms with Gasteiger partial charge in [-0.25, -0.2) is 13.1 Å². The topological polar surface area (TPSA) is 83.5 Å². The molecule has 2 N–H and O–H groups in total. The Morgan fingerprint density at radius 3 is 1.94 bits per heavy atom. The Bertz CT molecular complexity index is 379. The standard InChI is InChI=1S/C11H23NO4S/c1-8(9(13)14)17(15,16)12-11(5,6)7-10(2,3)4/h8,12H,7H2,1-6H3,(H,13,14). The Hall–Kier alpha value is -0.620. The highest BCUT2D eigenvalue weighted by Crippen LogP contribution is 2.27. The molecule has 0 fully saturated rings. The van der Waals surface area contributed by atoms with E-state index in [4.69, 9.17) is 5.11 Å².